The normalized spacial score (nSPS) is 11.7. The van der Waals surface area contributed by atoms with Gasteiger partial charge >= 0.3 is 5.97 Å². The van der Waals surface area contributed by atoms with E-state index in [1.807, 2.05) is 0 Å². The standard InChI is InChI=1S/C14H20N4O7/c15-10-2-1-9(18(23)24)7-11(10)17-13(20)8-12(14(21)22)16-3-5-25-6-4-19/h1-2,7,12,16,19H,3-6,8,15H2,(H,17,20)(H,21,22). The molecule has 11 nitrogen and oxygen atoms in total. The molecule has 138 valence electrons. The van der Waals surface area contributed by atoms with Gasteiger partial charge in [0.05, 0.1) is 42.5 Å². The lowest BCUT2D eigenvalue weighted by molar-refractivity contribution is -0.384. The number of nitrogens with two attached hydrogens (primary N) is 1. The van der Waals surface area contributed by atoms with E-state index in [-0.39, 0.29) is 43.4 Å². The van der Waals surface area contributed by atoms with E-state index in [4.69, 9.17) is 20.7 Å². The largest absolute Gasteiger partial charge is 0.480 e. The smallest absolute Gasteiger partial charge is 0.321 e. The first-order valence-electron chi connectivity index (χ1n) is 7.33. The number of ether oxygens (including phenoxy) is 1. The minimum absolute atomic E-state index is 0.0367. The molecule has 0 spiro atoms. The molecule has 1 amide bonds. The topological polar surface area (TPSA) is 177 Å². The van der Waals surface area contributed by atoms with Gasteiger partial charge in [-0.1, -0.05) is 0 Å². The minimum atomic E-state index is -1.23. The third kappa shape index (κ3) is 7.12. The highest BCUT2D eigenvalue weighted by Crippen LogP contribution is 2.24. The summed E-state index contributed by atoms with van der Waals surface area (Å²) in [4.78, 5) is 33.3. The van der Waals surface area contributed by atoms with E-state index < -0.39 is 29.3 Å². The van der Waals surface area contributed by atoms with Crippen LogP contribution in [0, 0.1) is 10.1 Å². The Hall–Kier alpha value is -2.76. The van der Waals surface area contributed by atoms with Crippen LogP contribution in [0.15, 0.2) is 18.2 Å². The maximum Gasteiger partial charge on any atom is 0.321 e. The highest BCUT2D eigenvalue weighted by Gasteiger charge is 2.21. The van der Waals surface area contributed by atoms with Gasteiger partial charge in [-0.05, 0) is 6.07 Å². The second-order valence-electron chi connectivity index (χ2n) is 4.96. The zero-order valence-electron chi connectivity index (χ0n) is 13.3. The van der Waals surface area contributed by atoms with E-state index in [9.17, 15) is 19.7 Å². The lowest BCUT2D eigenvalue weighted by Crippen LogP contribution is -2.41. The number of nitrogens with zero attached hydrogens (tertiary/aromatic N) is 1. The van der Waals surface area contributed by atoms with Gasteiger partial charge in [-0.3, -0.25) is 19.7 Å². The Kier molecular flexibility index (Phi) is 8.26. The molecule has 0 fully saturated rings. The number of carbonyl (C=O) groups is 2. The summed E-state index contributed by atoms with van der Waals surface area (Å²) in [7, 11) is 0. The molecule has 0 saturated carbocycles. The molecule has 1 aromatic rings. The van der Waals surface area contributed by atoms with Crippen LogP contribution >= 0.6 is 0 Å². The number of carboxylic acids is 1. The van der Waals surface area contributed by atoms with Gasteiger partial charge in [0.2, 0.25) is 5.91 Å². The van der Waals surface area contributed by atoms with Crippen LogP contribution < -0.4 is 16.4 Å². The predicted molar refractivity (Wildman–Crippen MR) is 88.1 cm³/mol. The van der Waals surface area contributed by atoms with Crippen LogP contribution in [0.2, 0.25) is 0 Å². The van der Waals surface area contributed by atoms with Crippen LogP contribution in [0.3, 0.4) is 0 Å². The molecule has 0 saturated heterocycles. The SMILES string of the molecule is Nc1ccc([N+](=O)[O-])cc1NC(=O)CC(NCCOCCO)C(=O)O. The average Bonchev–Trinajstić information content (AvgIpc) is 2.55. The summed E-state index contributed by atoms with van der Waals surface area (Å²) in [6, 6.07) is 2.40. The number of benzene rings is 1. The van der Waals surface area contributed by atoms with Gasteiger partial charge in [-0.2, -0.15) is 0 Å². The number of amides is 1. The highest BCUT2D eigenvalue weighted by molar-refractivity contribution is 5.96. The van der Waals surface area contributed by atoms with Crippen molar-refractivity contribution < 1.29 is 29.5 Å². The van der Waals surface area contributed by atoms with Crippen molar-refractivity contribution in [2.24, 2.45) is 0 Å². The number of nitrogens with one attached hydrogen (secondary N) is 2. The molecule has 0 aromatic heterocycles. The molecule has 1 rings (SSSR count). The molecule has 11 heteroatoms. The van der Waals surface area contributed by atoms with Crippen LogP contribution in [-0.2, 0) is 14.3 Å². The van der Waals surface area contributed by atoms with Crippen molar-refractivity contribution in [1.29, 1.82) is 0 Å². The van der Waals surface area contributed by atoms with Crippen LogP contribution in [0.5, 0.6) is 0 Å². The van der Waals surface area contributed by atoms with E-state index in [1.54, 1.807) is 0 Å². The van der Waals surface area contributed by atoms with E-state index >= 15 is 0 Å². The summed E-state index contributed by atoms with van der Waals surface area (Å²) in [5, 5.41) is 33.4. The molecule has 1 atom stereocenters. The Morgan fingerprint density at radius 3 is 2.68 bits per heavy atom. The first kappa shape index (κ1) is 20.3. The van der Waals surface area contributed by atoms with Crippen LogP contribution in [0.4, 0.5) is 17.1 Å². The van der Waals surface area contributed by atoms with Crippen molar-refractivity contribution in [3.63, 3.8) is 0 Å². The van der Waals surface area contributed by atoms with Crippen molar-refractivity contribution >= 4 is 28.9 Å². The van der Waals surface area contributed by atoms with Crippen molar-refractivity contribution in [2.45, 2.75) is 12.5 Å². The third-order valence-electron chi connectivity index (χ3n) is 3.08. The molecule has 0 radical (unpaired) electrons. The molecule has 0 bridgehead atoms. The van der Waals surface area contributed by atoms with E-state index in [0.717, 1.165) is 6.07 Å². The van der Waals surface area contributed by atoms with Crippen LogP contribution in [-0.4, -0.2) is 59.4 Å². The highest BCUT2D eigenvalue weighted by atomic mass is 16.6. The number of aliphatic hydroxyl groups is 1. The lowest BCUT2D eigenvalue weighted by Gasteiger charge is -2.15. The fourth-order valence-electron chi connectivity index (χ4n) is 1.87. The Morgan fingerprint density at radius 1 is 1.36 bits per heavy atom. The molecule has 1 unspecified atom stereocenters. The van der Waals surface area contributed by atoms with Gasteiger partial charge < -0.3 is 31.3 Å². The van der Waals surface area contributed by atoms with Crippen molar-refractivity contribution in [2.75, 3.05) is 37.4 Å². The zero-order valence-corrected chi connectivity index (χ0v) is 13.3. The first-order valence-corrected chi connectivity index (χ1v) is 7.33. The molecular formula is C14H20N4O7. The number of aliphatic carboxylic acids is 1. The van der Waals surface area contributed by atoms with Gasteiger partial charge in [-0.15, -0.1) is 0 Å². The maximum absolute atomic E-state index is 12.0. The molecule has 0 aliphatic heterocycles. The second kappa shape index (κ2) is 10.2. The molecule has 0 heterocycles. The maximum atomic E-state index is 12.0. The minimum Gasteiger partial charge on any atom is -0.480 e. The summed E-state index contributed by atoms with van der Waals surface area (Å²) >= 11 is 0. The number of carboxylic acid groups (broad SMARTS) is 1. The van der Waals surface area contributed by atoms with Gasteiger partial charge in [0, 0.05) is 18.7 Å². The number of nitrogen functional groups attached to an aromatic ring is 1. The average molecular weight is 356 g/mol. The lowest BCUT2D eigenvalue weighted by atomic mass is 10.2. The second-order valence-corrected chi connectivity index (χ2v) is 4.96. The number of aliphatic hydroxyl groups excluding tert-OH is 1. The van der Waals surface area contributed by atoms with Crippen molar-refractivity contribution in [3.05, 3.63) is 28.3 Å². The summed E-state index contributed by atoms with van der Waals surface area (Å²) in [5.41, 5.74) is 5.56. The number of nitro benzene ring substituents is 1. The molecular weight excluding hydrogens is 336 g/mol. The summed E-state index contributed by atoms with van der Waals surface area (Å²) in [6.07, 6.45) is -0.405. The fraction of sp³-hybridized carbons (Fsp3) is 0.429. The Labute approximate surface area is 142 Å². The van der Waals surface area contributed by atoms with Gasteiger partial charge in [0.15, 0.2) is 0 Å². The fourth-order valence-corrected chi connectivity index (χ4v) is 1.87. The number of non-ortho nitro benzene ring substituents is 1. The van der Waals surface area contributed by atoms with Crippen molar-refractivity contribution in [3.8, 4) is 0 Å². The number of hydrogen-bond acceptors (Lipinski definition) is 8. The monoisotopic (exact) mass is 356 g/mol. The van der Waals surface area contributed by atoms with Gasteiger partial charge in [0.1, 0.15) is 6.04 Å². The summed E-state index contributed by atoms with van der Waals surface area (Å²) in [5.74, 6) is -1.90. The number of nitro groups is 1. The summed E-state index contributed by atoms with van der Waals surface area (Å²) < 4.78 is 4.98. The molecule has 1 aromatic carbocycles. The molecule has 0 aliphatic carbocycles. The van der Waals surface area contributed by atoms with E-state index in [0.29, 0.717) is 0 Å². The number of rotatable bonds is 11. The predicted octanol–water partition coefficient (Wildman–Crippen LogP) is -0.443. The number of carbonyl (C=O) groups excluding carboxylic acids is 1. The van der Waals surface area contributed by atoms with E-state index in [2.05, 4.69) is 10.6 Å². The van der Waals surface area contributed by atoms with E-state index in [1.165, 1.54) is 12.1 Å². The number of anilines is 2. The first-order chi connectivity index (χ1) is 11.8. The van der Waals surface area contributed by atoms with Gasteiger partial charge in [-0.25, -0.2) is 0 Å². The Morgan fingerprint density at radius 2 is 2.08 bits per heavy atom. The zero-order chi connectivity index (χ0) is 18.8. The molecule has 0 aliphatic rings. The molecule has 6 N–H and O–H groups in total. The molecule has 25 heavy (non-hydrogen) atoms. The van der Waals surface area contributed by atoms with Gasteiger partial charge in [0.25, 0.3) is 5.69 Å². The quantitative estimate of drug-likeness (QED) is 0.152. The van der Waals surface area contributed by atoms with Crippen LogP contribution in [0.25, 0.3) is 0 Å². The van der Waals surface area contributed by atoms with Crippen LogP contribution in [0.1, 0.15) is 6.42 Å². The Bertz CT molecular complexity index is 623. The number of hydrogen-bond donors (Lipinski definition) is 5. The summed E-state index contributed by atoms with van der Waals surface area (Å²) in [6.45, 7) is 0.328. The Balaban J connectivity index is 2.61. The van der Waals surface area contributed by atoms with Crippen molar-refractivity contribution in [1.82, 2.24) is 5.32 Å². The third-order valence-corrected chi connectivity index (χ3v) is 3.08.